The summed E-state index contributed by atoms with van der Waals surface area (Å²) >= 11 is 0. The second-order valence-corrected chi connectivity index (χ2v) is 5.72. The number of nitrogens with zero attached hydrogens (tertiary/aromatic N) is 3. The third kappa shape index (κ3) is 3.50. The van der Waals surface area contributed by atoms with Crippen molar-refractivity contribution >= 4 is 0 Å². The molecule has 0 bridgehead atoms. The van der Waals surface area contributed by atoms with Crippen LogP contribution in [0.1, 0.15) is 47.5 Å². The fourth-order valence-electron chi connectivity index (χ4n) is 2.77. The van der Waals surface area contributed by atoms with E-state index in [-0.39, 0.29) is 0 Å². The largest absolute Gasteiger partial charge is 0.310 e. The number of aromatic nitrogens is 3. The summed E-state index contributed by atoms with van der Waals surface area (Å²) in [6.07, 6.45) is 5.93. The number of nitrogens with one attached hydrogen (secondary N) is 1. The van der Waals surface area contributed by atoms with Crippen molar-refractivity contribution in [3.05, 3.63) is 46.5 Å². The molecule has 0 aliphatic rings. The Balaban J connectivity index is 2.31. The van der Waals surface area contributed by atoms with Gasteiger partial charge in [0.15, 0.2) is 0 Å². The van der Waals surface area contributed by atoms with Gasteiger partial charge in [0.1, 0.15) is 0 Å². The molecular formula is C17H26N4. The van der Waals surface area contributed by atoms with Crippen LogP contribution in [-0.2, 0) is 13.5 Å². The molecule has 0 saturated heterocycles. The summed E-state index contributed by atoms with van der Waals surface area (Å²) in [5, 5.41) is 8.19. The maximum atomic E-state index is 4.53. The standard InChI is InChI=1S/C17H26N4/c1-6-8-19-17(16-11-18-9-7-12(16)2)10-15-13(3)20-21(5)14(15)4/h7,9,11,17,19H,6,8,10H2,1-5H3. The molecule has 0 saturated carbocycles. The van der Waals surface area contributed by atoms with Crippen molar-refractivity contribution in [1.82, 2.24) is 20.1 Å². The van der Waals surface area contributed by atoms with Gasteiger partial charge in [-0.1, -0.05) is 6.92 Å². The molecule has 4 nitrogen and oxygen atoms in total. The molecule has 1 atom stereocenters. The van der Waals surface area contributed by atoms with Crippen LogP contribution in [0.25, 0.3) is 0 Å². The summed E-state index contributed by atoms with van der Waals surface area (Å²) in [5.41, 5.74) is 6.29. The van der Waals surface area contributed by atoms with Crippen LogP contribution >= 0.6 is 0 Å². The van der Waals surface area contributed by atoms with E-state index in [9.17, 15) is 0 Å². The van der Waals surface area contributed by atoms with Crippen molar-refractivity contribution in [2.75, 3.05) is 6.54 Å². The van der Waals surface area contributed by atoms with Gasteiger partial charge in [-0.2, -0.15) is 5.10 Å². The van der Waals surface area contributed by atoms with Crippen LogP contribution in [-0.4, -0.2) is 21.3 Å². The van der Waals surface area contributed by atoms with Crippen LogP contribution in [0.4, 0.5) is 0 Å². The molecule has 114 valence electrons. The second kappa shape index (κ2) is 6.85. The first-order chi connectivity index (χ1) is 10.0. The van der Waals surface area contributed by atoms with Crippen molar-refractivity contribution < 1.29 is 0 Å². The molecular weight excluding hydrogens is 260 g/mol. The zero-order chi connectivity index (χ0) is 15.4. The maximum Gasteiger partial charge on any atom is 0.0629 e. The highest BCUT2D eigenvalue weighted by molar-refractivity contribution is 5.31. The lowest BCUT2D eigenvalue weighted by atomic mass is 9.96. The monoisotopic (exact) mass is 286 g/mol. The topological polar surface area (TPSA) is 42.7 Å². The number of hydrogen-bond acceptors (Lipinski definition) is 3. The third-order valence-electron chi connectivity index (χ3n) is 4.16. The second-order valence-electron chi connectivity index (χ2n) is 5.72. The lowest BCUT2D eigenvalue weighted by molar-refractivity contribution is 0.523. The van der Waals surface area contributed by atoms with Gasteiger partial charge < -0.3 is 5.32 Å². The Labute approximate surface area is 127 Å². The summed E-state index contributed by atoms with van der Waals surface area (Å²) in [6.45, 7) is 9.59. The van der Waals surface area contributed by atoms with Crippen molar-refractivity contribution in [2.45, 2.75) is 46.6 Å². The van der Waals surface area contributed by atoms with E-state index in [4.69, 9.17) is 0 Å². The van der Waals surface area contributed by atoms with Gasteiger partial charge >= 0.3 is 0 Å². The lowest BCUT2D eigenvalue weighted by Gasteiger charge is -2.21. The van der Waals surface area contributed by atoms with Crippen molar-refractivity contribution in [2.24, 2.45) is 7.05 Å². The minimum atomic E-state index is 0.292. The number of rotatable bonds is 6. The fraction of sp³-hybridized carbons (Fsp3) is 0.529. The Hall–Kier alpha value is -1.68. The Kier molecular flexibility index (Phi) is 5.12. The summed E-state index contributed by atoms with van der Waals surface area (Å²) in [7, 11) is 2.01. The average molecular weight is 286 g/mol. The van der Waals surface area contributed by atoms with E-state index < -0.39 is 0 Å². The van der Waals surface area contributed by atoms with Crippen molar-refractivity contribution in [3.8, 4) is 0 Å². The van der Waals surface area contributed by atoms with Gasteiger partial charge in [0.25, 0.3) is 0 Å². The van der Waals surface area contributed by atoms with Gasteiger partial charge in [0, 0.05) is 31.2 Å². The zero-order valence-corrected chi connectivity index (χ0v) is 13.8. The Bertz CT molecular complexity index is 601. The molecule has 0 aliphatic carbocycles. The highest BCUT2D eigenvalue weighted by atomic mass is 15.3. The van der Waals surface area contributed by atoms with Crippen LogP contribution in [0.2, 0.25) is 0 Å². The zero-order valence-electron chi connectivity index (χ0n) is 13.8. The number of pyridine rings is 1. The Morgan fingerprint density at radius 1 is 1.29 bits per heavy atom. The van der Waals surface area contributed by atoms with Gasteiger partial charge in [-0.15, -0.1) is 0 Å². The van der Waals surface area contributed by atoms with Gasteiger partial charge in [-0.25, -0.2) is 0 Å². The molecule has 0 radical (unpaired) electrons. The number of hydrogen-bond donors (Lipinski definition) is 1. The summed E-state index contributed by atoms with van der Waals surface area (Å²) in [4.78, 5) is 4.31. The van der Waals surface area contributed by atoms with E-state index in [1.54, 1.807) is 0 Å². The van der Waals surface area contributed by atoms with Crippen LogP contribution < -0.4 is 5.32 Å². The first-order valence-corrected chi connectivity index (χ1v) is 7.67. The minimum Gasteiger partial charge on any atom is -0.310 e. The van der Waals surface area contributed by atoms with E-state index in [0.717, 1.165) is 25.1 Å². The summed E-state index contributed by atoms with van der Waals surface area (Å²) < 4.78 is 1.97. The van der Waals surface area contributed by atoms with Crippen LogP contribution in [0.3, 0.4) is 0 Å². The normalized spacial score (nSPS) is 12.6. The molecule has 2 rings (SSSR count). The van der Waals surface area contributed by atoms with Gasteiger partial charge in [-0.05, 0) is 62.9 Å². The predicted octanol–water partition coefficient (Wildman–Crippen LogP) is 3.02. The van der Waals surface area contributed by atoms with Crippen molar-refractivity contribution in [3.63, 3.8) is 0 Å². The Morgan fingerprint density at radius 3 is 2.62 bits per heavy atom. The molecule has 2 aromatic heterocycles. The number of aryl methyl sites for hydroxylation is 3. The van der Waals surface area contributed by atoms with Gasteiger partial charge in [-0.3, -0.25) is 9.67 Å². The first-order valence-electron chi connectivity index (χ1n) is 7.67. The van der Waals surface area contributed by atoms with E-state index in [1.807, 2.05) is 24.1 Å². The first kappa shape index (κ1) is 15.7. The van der Waals surface area contributed by atoms with E-state index in [2.05, 4.69) is 49.2 Å². The molecule has 1 N–H and O–H groups in total. The van der Waals surface area contributed by atoms with E-state index >= 15 is 0 Å². The predicted molar refractivity (Wildman–Crippen MR) is 86.4 cm³/mol. The SMILES string of the molecule is CCCNC(Cc1c(C)nn(C)c1C)c1cnccc1C. The molecule has 2 aromatic rings. The highest BCUT2D eigenvalue weighted by Crippen LogP contribution is 2.24. The maximum absolute atomic E-state index is 4.53. The molecule has 0 spiro atoms. The van der Waals surface area contributed by atoms with Gasteiger partial charge in [0.05, 0.1) is 5.69 Å². The van der Waals surface area contributed by atoms with E-state index in [0.29, 0.717) is 6.04 Å². The van der Waals surface area contributed by atoms with Gasteiger partial charge in [0.2, 0.25) is 0 Å². The molecule has 2 heterocycles. The molecule has 0 amide bonds. The molecule has 4 heteroatoms. The smallest absolute Gasteiger partial charge is 0.0629 e. The van der Waals surface area contributed by atoms with Crippen LogP contribution in [0.15, 0.2) is 18.5 Å². The van der Waals surface area contributed by atoms with E-state index in [1.165, 1.54) is 22.4 Å². The molecule has 1 unspecified atom stereocenters. The summed E-state index contributed by atoms with van der Waals surface area (Å²) in [6, 6.07) is 2.37. The third-order valence-corrected chi connectivity index (χ3v) is 4.16. The fourth-order valence-corrected chi connectivity index (χ4v) is 2.77. The molecule has 0 fully saturated rings. The van der Waals surface area contributed by atoms with Crippen molar-refractivity contribution in [1.29, 1.82) is 0 Å². The Morgan fingerprint density at radius 2 is 2.05 bits per heavy atom. The van der Waals surface area contributed by atoms with Crippen LogP contribution in [0.5, 0.6) is 0 Å². The average Bonchev–Trinajstić information content (AvgIpc) is 2.70. The quantitative estimate of drug-likeness (QED) is 0.887. The molecule has 0 aliphatic heterocycles. The minimum absolute atomic E-state index is 0.292. The molecule has 21 heavy (non-hydrogen) atoms. The highest BCUT2D eigenvalue weighted by Gasteiger charge is 2.18. The van der Waals surface area contributed by atoms with Crippen LogP contribution in [0, 0.1) is 20.8 Å². The summed E-state index contributed by atoms with van der Waals surface area (Å²) in [5.74, 6) is 0. The molecule has 0 aromatic carbocycles. The lowest BCUT2D eigenvalue weighted by Crippen LogP contribution is -2.25.